The molecule has 0 radical (unpaired) electrons. The molecule has 1 fully saturated rings. The minimum atomic E-state index is 0.239. The van der Waals surface area contributed by atoms with Gasteiger partial charge in [-0.05, 0) is 18.8 Å². The average molecular weight is 155 g/mol. The van der Waals surface area contributed by atoms with Crippen LogP contribution in [0.15, 0.2) is 0 Å². The molecule has 0 aromatic carbocycles. The van der Waals surface area contributed by atoms with E-state index in [0.29, 0.717) is 0 Å². The minimum absolute atomic E-state index is 0.239. The van der Waals surface area contributed by atoms with E-state index in [4.69, 9.17) is 11.1 Å². The molecule has 3 heteroatoms. The van der Waals surface area contributed by atoms with Gasteiger partial charge in [0.25, 0.3) is 0 Å². The van der Waals surface area contributed by atoms with Crippen LogP contribution < -0.4 is 5.73 Å². The fraction of sp³-hybridized carbons (Fsp3) is 0.875. The second kappa shape index (κ2) is 3.60. The fourth-order valence-corrected chi connectivity index (χ4v) is 1.62. The lowest BCUT2D eigenvalue weighted by Gasteiger charge is -2.32. The molecule has 11 heavy (non-hydrogen) atoms. The van der Waals surface area contributed by atoms with Gasteiger partial charge in [-0.3, -0.25) is 5.41 Å². The first kappa shape index (κ1) is 8.37. The Morgan fingerprint density at radius 2 is 2.45 bits per heavy atom. The molecule has 3 N–H and O–H groups in total. The highest BCUT2D eigenvalue weighted by molar-refractivity contribution is 5.74. The van der Waals surface area contributed by atoms with Gasteiger partial charge in [0.05, 0.1) is 0 Å². The molecule has 0 aromatic rings. The molecule has 1 saturated heterocycles. The van der Waals surface area contributed by atoms with Crippen molar-refractivity contribution in [1.82, 2.24) is 4.90 Å². The van der Waals surface area contributed by atoms with Gasteiger partial charge in [-0.15, -0.1) is 0 Å². The first-order valence-electron chi connectivity index (χ1n) is 4.33. The van der Waals surface area contributed by atoms with Crippen molar-refractivity contribution in [2.24, 2.45) is 11.7 Å². The Kier molecular flexibility index (Phi) is 2.74. The summed E-state index contributed by atoms with van der Waals surface area (Å²) in [4.78, 5) is 1.97. The number of hydrogen-bond donors (Lipinski definition) is 2. The van der Waals surface area contributed by atoms with Crippen molar-refractivity contribution < 1.29 is 0 Å². The highest BCUT2D eigenvalue weighted by atomic mass is 15.2. The third kappa shape index (κ3) is 2.10. The number of guanidine groups is 1. The summed E-state index contributed by atoms with van der Waals surface area (Å²) in [7, 11) is 0. The number of hydrogen-bond acceptors (Lipinski definition) is 1. The zero-order chi connectivity index (χ0) is 8.27. The molecule has 1 atom stereocenters. The number of nitrogens with one attached hydrogen (secondary N) is 1. The van der Waals surface area contributed by atoms with Gasteiger partial charge in [0.15, 0.2) is 5.96 Å². The zero-order valence-electron chi connectivity index (χ0n) is 7.14. The Balaban J connectivity index is 2.39. The summed E-state index contributed by atoms with van der Waals surface area (Å²) in [5, 5.41) is 7.26. The molecule has 1 aliphatic rings. The molecule has 0 aromatic heterocycles. The van der Waals surface area contributed by atoms with Crippen molar-refractivity contribution in [2.75, 3.05) is 13.1 Å². The van der Waals surface area contributed by atoms with Crippen LogP contribution in [0.2, 0.25) is 0 Å². The molecule has 1 aliphatic heterocycles. The third-order valence-corrected chi connectivity index (χ3v) is 2.44. The first-order valence-corrected chi connectivity index (χ1v) is 4.33. The van der Waals surface area contributed by atoms with E-state index in [1.165, 1.54) is 19.3 Å². The molecule has 0 spiro atoms. The maximum Gasteiger partial charge on any atom is 0.188 e. The Morgan fingerprint density at radius 1 is 1.73 bits per heavy atom. The van der Waals surface area contributed by atoms with Gasteiger partial charge >= 0.3 is 0 Å². The topological polar surface area (TPSA) is 53.1 Å². The second-order valence-electron chi connectivity index (χ2n) is 3.25. The number of piperidine rings is 1. The molecule has 1 heterocycles. The quantitative estimate of drug-likeness (QED) is 0.438. The summed E-state index contributed by atoms with van der Waals surface area (Å²) < 4.78 is 0. The van der Waals surface area contributed by atoms with Crippen molar-refractivity contribution in [3.05, 3.63) is 0 Å². The highest BCUT2D eigenvalue weighted by Gasteiger charge is 2.18. The van der Waals surface area contributed by atoms with E-state index in [1.54, 1.807) is 0 Å². The predicted molar refractivity (Wildman–Crippen MR) is 46.5 cm³/mol. The van der Waals surface area contributed by atoms with Crippen molar-refractivity contribution in [2.45, 2.75) is 26.2 Å². The van der Waals surface area contributed by atoms with Gasteiger partial charge < -0.3 is 10.6 Å². The number of nitrogens with zero attached hydrogens (tertiary/aromatic N) is 1. The van der Waals surface area contributed by atoms with Crippen LogP contribution in [0.4, 0.5) is 0 Å². The van der Waals surface area contributed by atoms with Gasteiger partial charge in [-0.1, -0.05) is 13.3 Å². The highest BCUT2D eigenvalue weighted by Crippen LogP contribution is 2.18. The molecule has 0 unspecified atom stereocenters. The summed E-state index contributed by atoms with van der Waals surface area (Å²) in [5.74, 6) is 0.996. The summed E-state index contributed by atoms with van der Waals surface area (Å²) >= 11 is 0. The van der Waals surface area contributed by atoms with Gasteiger partial charge in [0.1, 0.15) is 0 Å². The van der Waals surface area contributed by atoms with Crippen LogP contribution in [0.25, 0.3) is 0 Å². The molecule has 0 amide bonds. The molecular weight excluding hydrogens is 138 g/mol. The Labute approximate surface area is 68.1 Å². The van der Waals surface area contributed by atoms with Gasteiger partial charge in [-0.25, -0.2) is 0 Å². The largest absolute Gasteiger partial charge is 0.370 e. The minimum Gasteiger partial charge on any atom is -0.370 e. The van der Waals surface area contributed by atoms with E-state index >= 15 is 0 Å². The molecular formula is C8H17N3. The van der Waals surface area contributed by atoms with Crippen molar-refractivity contribution in [1.29, 1.82) is 5.41 Å². The lowest BCUT2D eigenvalue weighted by atomic mass is 9.96. The Morgan fingerprint density at radius 3 is 3.00 bits per heavy atom. The third-order valence-electron chi connectivity index (χ3n) is 2.44. The van der Waals surface area contributed by atoms with Crippen LogP contribution >= 0.6 is 0 Å². The molecule has 0 aliphatic carbocycles. The van der Waals surface area contributed by atoms with Crippen molar-refractivity contribution in [3.8, 4) is 0 Å². The lowest BCUT2D eigenvalue weighted by Crippen LogP contribution is -2.43. The first-order chi connectivity index (χ1) is 5.24. The fourth-order valence-electron chi connectivity index (χ4n) is 1.62. The van der Waals surface area contributed by atoms with Crippen LogP contribution in [0.1, 0.15) is 26.2 Å². The molecule has 0 bridgehead atoms. The Bertz CT molecular complexity index is 144. The van der Waals surface area contributed by atoms with Gasteiger partial charge in [-0.2, -0.15) is 0 Å². The number of likely N-dealkylation sites (tertiary alicyclic amines) is 1. The summed E-state index contributed by atoms with van der Waals surface area (Å²) in [6, 6.07) is 0. The molecule has 0 saturated carbocycles. The van der Waals surface area contributed by atoms with E-state index in [1.807, 2.05) is 4.90 Å². The maximum absolute atomic E-state index is 7.26. The van der Waals surface area contributed by atoms with Crippen molar-refractivity contribution in [3.63, 3.8) is 0 Å². The molecule has 3 nitrogen and oxygen atoms in total. The Hall–Kier alpha value is -0.730. The second-order valence-corrected chi connectivity index (χ2v) is 3.25. The van der Waals surface area contributed by atoms with Crippen LogP contribution in [-0.2, 0) is 0 Å². The van der Waals surface area contributed by atoms with Crippen LogP contribution in [0, 0.1) is 11.3 Å². The standard InChI is InChI=1S/C8H17N3/c1-2-7-4-3-5-11(6-7)8(9)10/h7H,2-6H2,1H3,(H3,9,10)/t7-/m0/s1. The van der Waals surface area contributed by atoms with Gasteiger partial charge in [0.2, 0.25) is 0 Å². The van der Waals surface area contributed by atoms with E-state index in [0.717, 1.165) is 19.0 Å². The predicted octanol–water partition coefficient (Wildman–Crippen LogP) is 1.00. The van der Waals surface area contributed by atoms with E-state index < -0.39 is 0 Å². The van der Waals surface area contributed by atoms with Crippen molar-refractivity contribution >= 4 is 5.96 Å². The smallest absolute Gasteiger partial charge is 0.188 e. The summed E-state index contributed by atoms with van der Waals surface area (Å²) in [6.07, 6.45) is 3.71. The normalized spacial score (nSPS) is 25.2. The van der Waals surface area contributed by atoms with Crippen LogP contribution in [0.3, 0.4) is 0 Å². The van der Waals surface area contributed by atoms with E-state index in [9.17, 15) is 0 Å². The van der Waals surface area contributed by atoms with Crippen LogP contribution in [-0.4, -0.2) is 23.9 Å². The SMILES string of the molecule is CC[C@H]1CCCN(C(=N)N)C1. The molecule has 1 rings (SSSR count). The number of rotatable bonds is 1. The maximum atomic E-state index is 7.26. The summed E-state index contributed by atoms with van der Waals surface area (Å²) in [5.41, 5.74) is 5.39. The average Bonchev–Trinajstić information content (AvgIpc) is 2.05. The van der Waals surface area contributed by atoms with Crippen LogP contribution in [0.5, 0.6) is 0 Å². The lowest BCUT2D eigenvalue weighted by molar-refractivity contribution is 0.250. The number of nitrogens with two attached hydrogens (primary N) is 1. The van der Waals surface area contributed by atoms with Gasteiger partial charge in [0, 0.05) is 13.1 Å². The monoisotopic (exact) mass is 155 g/mol. The van der Waals surface area contributed by atoms with E-state index in [-0.39, 0.29) is 5.96 Å². The summed E-state index contributed by atoms with van der Waals surface area (Å²) in [6.45, 7) is 4.17. The zero-order valence-corrected chi connectivity index (χ0v) is 7.14. The molecule has 64 valence electrons. The van der Waals surface area contributed by atoms with E-state index in [2.05, 4.69) is 6.92 Å².